The Kier molecular flexibility index (Phi) is 8.35. The van der Waals surface area contributed by atoms with Crippen LogP contribution in [0, 0.1) is 11.8 Å². The Morgan fingerprint density at radius 3 is 1.39 bits per heavy atom. The Bertz CT molecular complexity index is 1200. The van der Waals surface area contributed by atoms with Gasteiger partial charge in [-0.25, -0.2) is 0 Å². The maximum absolute atomic E-state index is 13.0. The molecule has 0 unspecified atom stereocenters. The minimum absolute atomic E-state index is 0.251. The van der Waals surface area contributed by atoms with E-state index in [1.165, 1.54) is 51.4 Å². The van der Waals surface area contributed by atoms with Crippen LogP contribution in [0.1, 0.15) is 77.0 Å². The van der Waals surface area contributed by atoms with Crippen LogP contribution < -0.4 is 18.9 Å². The average Bonchev–Trinajstić information content (AvgIpc) is 3.66. The molecule has 2 fully saturated rings. The summed E-state index contributed by atoms with van der Waals surface area (Å²) >= 11 is 0. The first-order valence-corrected chi connectivity index (χ1v) is 14.1. The molecule has 2 aliphatic rings. The molecule has 0 amide bonds. The van der Waals surface area contributed by atoms with Crippen LogP contribution in [-0.4, -0.2) is 26.2 Å². The lowest BCUT2D eigenvalue weighted by molar-refractivity contribution is -0.135. The van der Waals surface area contributed by atoms with Gasteiger partial charge in [0, 0.05) is 34.4 Å². The van der Waals surface area contributed by atoms with Crippen molar-refractivity contribution < 1.29 is 28.5 Å². The maximum Gasteiger partial charge on any atom is 0.311 e. The topological polar surface area (TPSA) is 71.1 Å². The molecule has 5 rings (SSSR count). The molecule has 0 bridgehead atoms. The fourth-order valence-corrected chi connectivity index (χ4v) is 6.15. The van der Waals surface area contributed by atoms with Gasteiger partial charge in [-0.15, -0.1) is 0 Å². The van der Waals surface area contributed by atoms with E-state index in [1.54, 1.807) is 14.2 Å². The van der Waals surface area contributed by atoms with Crippen molar-refractivity contribution in [1.82, 2.24) is 0 Å². The lowest BCUT2D eigenvalue weighted by Crippen LogP contribution is -2.12. The smallest absolute Gasteiger partial charge is 0.311 e. The van der Waals surface area contributed by atoms with Crippen molar-refractivity contribution in [3.05, 3.63) is 36.4 Å². The molecule has 2 aliphatic carbocycles. The zero-order valence-electron chi connectivity index (χ0n) is 22.6. The summed E-state index contributed by atoms with van der Waals surface area (Å²) in [7, 11) is 3.20. The number of ether oxygens (including phenoxy) is 4. The summed E-state index contributed by atoms with van der Waals surface area (Å²) < 4.78 is 23.1. The Hall–Kier alpha value is -3.28. The van der Waals surface area contributed by atoms with Crippen molar-refractivity contribution >= 4 is 33.5 Å². The number of benzene rings is 3. The van der Waals surface area contributed by atoms with Crippen molar-refractivity contribution in [2.24, 2.45) is 11.8 Å². The quantitative estimate of drug-likeness (QED) is 0.155. The van der Waals surface area contributed by atoms with Gasteiger partial charge < -0.3 is 18.9 Å². The van der Waals surface area contributed by atoms with Crippen LogP contribution in [0.3, 0.4) is 0 Å². The molecule has 0 N–H and O–H groups in total. The molecular formula is C32H38O6. The maximum atomic E-state index is 13.0. The third-order valence-electron chi connectivity index (χ3n) is 8.33. The lowest BCUT2D eigenvalue weighted by atomic mass is 9.99. The SMILES string of the molecule is COc1ccc2c(OC(=O)CCC3CCCC3)c3cc(OC)ccc3c(OC(=O)CCC3CCCC3)c2c1. The number of esters is 2. The zero-order valence-corrected chi connectivity index (χ0v) is 22.6. The zero-order chi connectivity index (χ0) is 26.5. The van der Waals surface area contributed by atoms with Gasteiger partial charge in [0.25, 0.3) is 0 Å². The molecule has 3 aromatic carbocycles. The van der Waals surface area contributed by atoms with E-state index < -0.39 is 0 Å². The average molecular weight is 519 g/mol. The Morgan fingerprint density at radius 1 is 0.632 bits per heavy atom. The van der Waals surface area contributed by atoms with Gasteiger partial charge >= 0.3 is 11.9 Å². The Labute approximate surface area is 224 Å². The summed E-state index contributed by atoms with van der Waals surface area (Å²) in [6.45, 7) is 0. The van der Waals surface area contributed by atoms with E-state index >= 15 is 0 Å². The highest BCUT2D eigenvalue weighted by molar-refractivity contribution is 6.13. The van der Waals surface area contributed by atoms with Gasteiger partial charge in [-0.2, -0.15) is 0 Å². The van der Waals surface area contributed by atoms with Gasteiger partial charge in [-0.1, -0.05) is 51.4 Å². The number of rotatable bonds is 10. The van der Waals surface area contributed by atoms with Gasteiger partial charge in [0.1, 0.15) is 23.0 Å². The van der Waals surface area contributed by atoms with E-state index in [1.807, 2.05) is 36.4 Å². The first-order valence-electron chi connectivity index (χ1n) is 14.1. The fraction of sp³-hybridized carbons (Fsp3) is 0.500. The van der Waals surface area contributed by atoms with Crippen molar-refractivity contribution in [3.8, 4) is 23.0 Å². The predicted molar refractivity (Wildman–Crippen MR) is 148 cm³/mol. The Morgan fingerprint density at radius 2 is 1.03 bits per heavy atom. The number of hydrogen-bond donors (Lipinski definition) is 0. The second-order valence-electron chi connectivity index (χ2n) is 10.8. The number of carbonyl (C=O) groups is 2. The van der Waals surface area contributed by atoms with Gasteiger partial charge in [0.15, 0.2) is 0 Å². The standard InChI is InChI=1S/C32H38O6/c1-35-23-13-15-25-27(19-23)31(37-29(33)17-11-21-7-3-4-8-21)26-16-14-24(36-2)20-28(26)32(25)38-30(34)18-12-22-9-5-6-10-22/h13-16,19-22H,3-12,17-18H2,1-2H3. The van der Waals surface area contributed by atoms with E-state index in [9.17, 15) is 9.59 Å². The van der Waals surface area contributed by atoms with E-state index in [0.717, 1.165) is 12.8 Å². The highest BCUT2D eigenvalue weighted by Crippen LogP contribution is 2.45. The molecule has 0 atom stereocenters. The van der Waals surface area contributed by atoms with Crippen molar-refractivity contribution in [3.63, 3.8) is 0 Å². The highest BCUT2D eigenvalue weighted by atomic mass is 16.5. The Balaban J connectivity index is 1.52. The van der Waals surface area contributed by atoms with E-state index in [2.05, 4.69) is 0 Å². The summed E-state index contributed by atoms with van der Waals surface area (Å²) in [6.07, 6.45) is 12.2. The first kappa shape index (κ1) is 26.3. The molecule has 38 heavy (non-hydrogen) atoms. The fourth-order valence-electron chi connectivity index (χ4n) is 6.15. The van der Waals surface area contributed by atoms with Crippen LogP contribution in [0.4, 0.5) is 0 Å². The summed E-state index contributed by atoms with van der Waals surface area (Å²) in [5.41, 5.74) is 0. The molecule has 6 heteroatoms. The van der Waals surface area contributed by atoms with E-state index in [4.69, 9.17) is 18.9 Å². The lowest BCUT2D eigenvalue weighted by Gasteiger charge is -2.18. The summed E-state index contributed by atoms with van der Waals surface area (Å²) in [5.74, 6) is 2.88. The largest absolute Gasteiger partial charge is 0.497 e. The van der Waals surface area contributed by atoms with E-state index in [0.29, 0.717) is 69.2 Å². The molecule has 0 heterocycles. The highest BCUT2D eigenvalue weighted by Gasteiger charge is 2.24. The number of methoxy groups -OCH3 is 2. The number of hydrogen-bond acceptors (Lipinski definition) is 6. The normalized spacial score (nSPS) is 16.3. The second-order valence-corrected chi connectivity index (χ2v) is 10.8. The summed E-state index contributed by atoms with van der Waals surface area (Å²) in [4.78, 5) is 26.1. The van der Waals surface area contributed by atoms with Crippen LogP contribution in [0.5, 0.6) is 23.0 Å². The van der Waals surface area contributed by atoms with Crippen molar-refractivity contribution in [1.29, 1.82) is 0 Å². The van der Waals surface area contributed by atoms with Crippen LogP contribution in [0.25, 0.3) is 21.5 Å². The third-order valence-corrected chi connectivity index (χ3v) is 8.33. The molecule has 0 aliphatic heterocycles. The minimum Gasteiger partial charge on any atom is -0.497 e. The van der Waals surface area contributed by atoms with Crippen LogP contribution in [0.15, 0.2) is 36.4 Å². The van der Waals surface area contributed by atoms with Crippen LogP contribution in [0.2, 0.25) is 0 Å². The first-order chi connectivity index (χ1) is 18.6. The molecule has 2 saturated carbocycles. The minimum atomic E-state index is -0.251. The monoisotopic (exact) mass is 518 g/mol. The van der Waals surface area contributed by atoms with Crippen LogP contribution in [-0.2, 0) is 9.59 Å². The second kappa shape index (κ2) is 12.1. The van der Waals surface area contributed by atoms with Gasteiger partial charge in [0.2, 0.25) is 0 Å². The molecule has 0 aromatic heterocycles. The molecule has 0 saturated heterocycles. The molecule has 6 nitrogen and oxygen atoms in total. The summed E-state index contributed by atoms with van der Waals surface area (Å²) in [6, 6.07) is 11.1. The van der Waals surface area contributed by atoms with Crippen LogP contribution >= 0.6 is 0 Å². The molecule has 3 aromatic rings. The van der Waals surface area contributed by atoms with Crippen molar-refractivity contribution in [2.75, 3.05) is 14.2 Å². The number of fused-ring (bicyclic) bond motifs is 2. The molecular weight excluding hydrogens is 480 g/mol. The van der Waals surface area contributed by atoms with Gasteiger partial charge in [-0.05, 0) is 61.1 Å². The van der Waals surface area contributed by atoms with Gasteiger partial charge in [-0.3, -0.25) is 9.59 Å². The number of carbonyl (C=O) groups excluding carboxylic acids is 2. The van der Waals surface area contributed by atoms with E-state index in [-0.39, 0.29) is 11.9 Å². The van der Waals surface area contributed by atoms with Crippen molar-refractivity contribution in [2.45, 2.75) is 77.0 Å². The summed E-state index contributed by atoms with van der Waals surface area (Å²) in [5, 5.41) is 2.74. The molecule has 202 valence electrons. The molecule has 0 radical (unpaired) electrons. The van der Waals surface area contributed by atoms with Gasteiger partial charge in [0.05, 0.1) is 14.2 Å². The predicted octanol–water partition coefficient (Wildman–Crippen LogP) is 7.76. The third kappa shape index (κ3) is 5.90. The molecule has 0 spiro atoms.